The Morgan fingerprint density at radius 2 is 1.41 bits per heavy atom. The summed E-state index contributed by atoms with van der Waals surface area (Å²) in [6.45, 7) is 24.1. The summed E-state index contributed by atoms with van der Waals surface area (Å²) >= 11 is 0. The van der Waals surface area contributed by atoms with Crippen LogP contribution in [0.25, 0.3) is 0 Å². The maximum absolute atomic E-state index is 6.43. The molecule has 4 heteroatoms. The van der Waals surface area contributed by atoms with E-state index in [1.807, 2.05) is 26.8 Å². The first-order valence-electron chi connectivity index (χ1n) is 9.95. The van der Waals surface area contributed by atoms with Crippen molar-refractivity contribution < 1.29 is 14.2 Å². The van der Waals surface area contributed by atoms with E-state index in [-0.39, 0.29) is 28.6 Å². The van der Waals surface area contributed by atoms with Gasteiger partial charge in [0.25, 0.3) is 0 Å². The van der Waals surface area contributed by atoms with Gasteiger partial charge in [-0.25, -0.2) is 0 Å². The molecule has 1 atom stereocenters. The fourth-order valence-corrected chi connectivity index (χ4v) is 3.64. The molecule has 0 aliphatic carbocycles. The largest absolute Gasteiger partial charge is 0.484 e. The van der Waals surface area contributed by atoms with E-state index in [1.54, 1.807) is 0 Å². The van der Waals surface area contributed by atoms with Gasteiger partial charge in [0.15, 0.2) is 11.5 Å². The molecule has 0 amide bonds. The molecule has 2 rings (SSSR count). The van der Waals surface area contributed by atoms with Crippen LogP contribution in [0, 0.1) is 0 Å². The molecular weight excluding hydrogens is 338 g/mol. The normalized spacial score (nSPS) is 21.4. The van der Waals surface area contributed by atoms with Crippen LogP contribution in [0.5, 0.6) is 11.5 Å². The second kappa shape index (κ2) is 6.97. The molecule has 27 heavy (non-hydrogen) atoms. The third-order valence-electron chi connectivity index (χ3n) is 4.41. The lowest BCUT2D eigenvalue weighted by Crippen LogP contribution is -2.50. The van der Waals surface area contributed by atoms with E-state index in [0.717, 1.165) is 23.6 Å². The highest BCUT2D eigenvalue weighted by Gasteiger charge is 2.45. The molecule has 4 nitrogen and oxygen atoms in total. The molecule has 0 aromatic heterocycles. The van der Waals surface area contributed by atoms with Gasteiger partial charge in [0.2, 0.25) is 0 Å². The van der Waals surface area contributed by atoms with Crippen molar-refractivity contribution in [3.63, 3.8) is 0 Å². The Labute approximate surface area is 166 Å². The number of rotatable bonds is 3. The van der Waals surface area contributed by atoms with E-state index >= 15 is 0 Å². The van der Waals surface area contributed by atoms with E-state index in [0.29, 0.717) is 0 Å². The highest BCUT2D eigenvalue weighted by molar-refractivity contribution is 5.44. The number of hydrogen-bond acceptors (Lipinski definition) is 4. The van der Waals surface area contributed by atoms with Crippen LogP contribution in [0.2, 0.25) is 0 Å². The minimum absolute atomic E-state index is 0.00484. The average Bonchev–Trinajstić information content (AvgIpc) is 2.73. The number of ether oxygens (including phenoxy) is 3. The maximum atomic E-state index is 6.43. The van der Waals surface area contributed by atoms with E-state index in [4.69, 9.17) is 14.2 Å². The van der Waals surface area contributed by atoms with E-state index in [2.05, 4.69) is 72.4 Å². The lowest BCUT2D eigenvalue weighted by molar-refractivity contribution is -0.103. The molecule has 0 N–H and O–H groups in total. The van der Waals surface area contributed by atoms with Crippen molar-refractivity contribution in [2.24, 2.45) is 0 Å². The van der Waals surface area contributed by atoms with Crippen molar-refractivity contribution in [3.8, 4) is 11.5 Å². The van der Waals surface area contributed by atoms with Gasteiger partial charge >= 0.3 is 0 Å². The van der Waals surface area contributed by atoms with Crippen LogP contribution < -0.4 is 9.47 Å². The smallest absolute Gasteiger partial charge is 0.162 e. The topological polar surface area (TPSA) is 30.9 Å². The third-order valence-corrected chi connectivity index (χ3v) is 4.41. The molecule has 1 fully saturated rings. The predicted octanol–water partition coefficient (Wildman–Crippen LogP) is 5.95. The molecule has 1 aromatic rings. The second-order valence-electron chi connectivity index (χ2n) is 11.0. The Bertz CT molecular complexity index is 660. The van der Waals surface area contributed by atoms with Crippen LogP contribution in [-0.2, 0) is 4.74 Å². The zero-order valence-electron chi connectivity index (χ0n) is 19.2. The quantitative estimate of drug-likeness (QED) is 0.651. The van der Waals surface area contributed by atoms with Crippen LogP contribution in [0.3, 0.4) is 0 Å². The lowest BCUT2D eigenvalue weighted by Gasteiger charge is -2.40. The summed E-state index contributed by atoms with van der Waals surface area (Å²) < 4.78 is 18.8. The van der Waals surface area contributed by atoms with Crippen molar-refractivity contribution in [2.45, 2.75) is 105 Å². The van der Waals surface area contributed by atoms with Gasteiger partial charge in [-0.15, -0.1) is 0 Å². The first-order chi connectivity index (χ1) is 12.0. The highest BCUT2D eigenvalue weighted by atomic mass is 16.5. The van der Waals surface area contributed by atoms with E-state index in [1.165, 1.54) is 0 Å². The van der Waals surface area contributed by atoms with Crippen LogP contribution in [-0.4, -0.2) is 33.9 Å². The zero-order chi connectivity index (χ0) is 20.8. The molecule has 1 heterocycles. The van der Waals surface area contributed by atoms with Crippen molar-refractivity contribution in [3.05, 3.63) is 23.8 Å². The maximum Gasteiger partial charge on any atom is 0.162 e. The van der Waals surface area contributed by atoms with Gasteiger partial charge in [0.1, 0.15) is 16.9 Å². The minimum atomic E-state index is -0.311. The number of nitrogens with zero attached hydrogens (tertiary/aromatic N) is 1. The molecule has 1 aliphatic rings. The van der Waals surface area contributed by atoms with Crippen molar-refractivity contribution >= 4 is 0 Å². The monoisotopic (exact) mass is 377 g/mol. The first kappa shape index (κ1) is 22.0. The molecule has 1 unspecified atom stereocenters. The van der Waals surface area contributed by atoms with Gasteiger partial charge in [-0.1, -0.05) is 6.07 Å². The Kier molecular flexibility index (Phi) is 5.68. The summed E-state index contributed by atoms with van der Waals surface area (Å²) in [7, 11) is 0. The van der Waals surface area contributed by atoms with Gasteiger partial charge < -0.3 is 14.2 Å². The molecule has 1 aliphatic heterocycles. The fraction of sp³-hybridized carbons (Fsp3) is 0.739. The fourth-order valence-electron chi connectivity index (χ4n) is 3.64. The first-order valence-corrected chi connectivity index (χ1v) is 9.95. The molecule has 0 saturated carbocycles. The molecule has 0 spiro atoms. The Morgan fingerprint density at radius 3 is 1.85 bits per heavy atom. The van der Waals surface area contributed by atoms with Gasteiger partial charge in [0.05, 0.1) is 6.10 Å². The van der Waals surface area contributed by atoms with Crippen LogP contribution >= 0.6 is 0 Å². The molecular formula is C23H39NO3. The summed E-state index contributed by atoms with van der Waals surface area (Å²) in [6.07, 6.45) is 0.00484. The molecule has 1 aromatic carbocycles. The summed E-state index contributed by atoms with van der Waals surface area (Å²) in [5, 5.41) is 0. The van der Waals surface area contributed by atoms with E-state index in [9.17, 15) is 0 Å². The summed E-state index contributed by atoms with van der Waals surface area (Å²) in [4.78, 5) is 2.41. The Hall–Kier alpha value is -1.26. The standard InChI is InChI=1S/C23H39NO3/c1-20(2,3)24-15-19(27-23(24,10)11)16-12-13-17(25-21(4,5)6)18(14-16)26-22(7,8)9/h12-14,19H,15H2,1-11H3. The van der Waals surface area contributed by atoms with Gasteiger partial charge in [-0.2, -0.15) is 0 Å². The van der Waals surface area contributed by atoms with Gasteiger partial charge in [-0.05, 0) is 93.9 Å². The lowest BCUT2D eigenvalue weighted by atomic mass is 10.0. The van der Waals surface area contributed by atoms with Gasteiger partial charge in [-0.3, -0.25) is 4.90 Å². The SMILES string of the molecule is CC(C)(C)Oc1ccc(C2CN(C(C)(C)C)C(C)(C)O2)cc1OC(C)(C)C. The van der Waals surface area contributed by atoms with Crippen molar-refractivity contribution in [1.29, 1.82) is 0 Å². The number of hydrogen-bond donors (Lipinski definition) is 0. The van der Waals surface area contributed by atoms with Crippen LogP contribution in [0.1, 0.15) is 87.8 Å². The summed E-state index contributed by atoms with van der Waals surface area (Å²) in [6, 6.07) is 6.19. The van der Waals surface area contributed by atoms with Crippen molar-refractivity contribution in [2.75, 3.05) is 6.54 Å². The van der Waals surface area contributed by atoms with Crippen LogP contribution in [0.15, 0.2) is 18.2 Å². The molecule has 1 saturated heterocycles. The molecule has 0 radical (unpaired) electrons. The van der Waals surface area contributed by atoms with Gasteiger partial charge in [0, 0.05) is 12.1 Å². The molecule has 154 valence electrons. The Balaban J connectivity index is 2.37. The van der Waals surface area contributed by atoms with E-state index < -0.39 is 0 Å². The zero-order valence-corrected chi connectivity index (χ0v) is 19.2. The minimum Gasteiger partial charge on any atom is -0.484 e. The summed E-state index contributed by atoms with van der Waals surface area (Å²) in [5.74, 6) is 1.54. The second-order valence-corrected chi connectivity index (χ2v) is 11.0. The van der Waals surface area contributed by atoms with Crippen molar-refractivity contribution in [1.82, 2.24) is 4.90 Å². The third kappa shape index (κ3) is 5.86. The predicted molar refractivity (Wildman–Crippen MR) is 112 cm³/mol. The Morgan fingerprint density at radius 1 is 0.889 bits per heavy atom. The van der Waals surface area contributed by atoms with Crippen LogP contribution in [0.4, 0.5) is 0 Å². The highest BCUT2D eigenvalue weighted by Crippen LogP contribution is 2.42. The number of benzene rings is 1. The molecule has 0 bridgehead atoms. The summed E-state index contributed by atoms with van der Waals surface area (Å²) in [5.41, 5.74) is 0.261. The average molecular weight is 378 g/mol.